The molecule has 5 atom stereocenters. The van der Waals surface area contributed by atoms with E-state index in [0.717, 1.165) is 4.90 Å². The number of alkyl halides is 6. The second-order valence-electron chi connectivity index (χ2n) is 12.2. The Hall–Kier alpha value is -5.33. The number of amides is 2. The molecule has 2 amide bonds. The smallest absolute Gasteiger partial charge is 0.480 e. The summed E-state index contributed by atoms with van der Waals surface area (Å²) in [5.41, 5.74) is 6.18. The average Bonchev–Trinajstić information content (AvgIpc) is 3.55. The van der Waals surface area contributed by atoms with Crippen molar-refractivity contribution in [3.8, 4) is 0 Å². The number of hydrogen-bond acceptors (Lipinski definition) is 10. The number of rotatable bonds is 16. The molecule has 0 bridgehead atoms. The summed E-state index contributed by atoms with van der Waals surface area (Å²) in [6, 6.07) is 4.56. The van der Waals surface area contributed by atoms with Gasteiger partial charge < -0.3 is 41.1 Å². The van der Waals surface area contributed by atoms with Crippen molar-refractivity contribution in [2.45, 2.75) is 75.2 Å². The molecule has 1 aliphatic rings. The van der Waals surface area contributed by atoms with Crippen molar-refractivity contribution in [1.29, 1.82) is 0 Å². The number of carbonyl (C=O) groups is 6. The number of nitrogens with two attached hydrogens (primary N) is 1. The van der Waals surface area contributed by atoms with Crippen molar-refractivity contribution in [3.63, 3.8) is 0 Å². The van der Waals surface area contributed by atoms with Crippen LogP contribution in [0.5, 0.6) is 0 Å². The number of benzene rings is 2. The van der Waals surface area contributed by atoms with Gasteiger partial charge in [-0.15, -0.1) is 0 Å². The Morgan fingerprint density at radius 1 is 0.879 bits per heavy atom. The number of likely N-dealkylation sites (tertiary alicyclic amines) is 1. The molecule has 0 aromatic heterocycles. The molecule has 24 heteroatoms. The molecule has 15 nitrogen and oxygen atoms in total. The molecule has 1 aliphatic heterocycles. The van der Waals surface area contributed by atoms with E-state index in [2.05, 4.69) is 10.6 Å². The highest BCUT2D eigenvalue weighted by Gasteiger charge is 2.43. The number of hydrogen-bond donors (Lipinski definition) is 7. The first-order chi connectivity index (χ1) is 26.8. The lowest BCUT2D eigenvalue weighted by Gasteiger charge is -2.29. The molecule has 0 radical (unpaired) electrons. The van der Waals surface area contributed by atoms with Gasteiger partial charge in [0.1, 0.15) is 17.9 Å². The Bertz CT molecular complexity index is 1690. The number of aliphatic hydroxyl groups excluding tert-OH is 1. The van der Waals surface area contributed by atoms with Gasteiger partial charge >= 0.3 is 30.3 Å². The number of aliphatic carboxylic acids is 3. The van der Waals surface area contributed by atoms with Crippen molar-refractivity contribution in [2.75, 3.05) is 26.4 Å². The number of aliphatic hydroxyl groups is 1. The molecule has 0 aliphatic carbocycles. The number of carboxylic acid groups (broad SMARTS) is 3. The van der Waals surface area contributed by atoms with Crippen molar-refractivity contribution >= 4 is 35.5 Å². The molecule has 0 spiro atoms. The minimum Gasteiger partial charge on any atom is -0.480 e. The molecule has 1 unspecified atom stereocenters. The summed E-state index contributed by atoms with van der Waals surface area (Å²) in [4.78, 5) is 69.7. The third kappa shape index (κ3) is 17.4. The van der Waals surface area contributed by atoms with E-state index in [4.69, 9.17) is 30.3 Å². The highest BCUT2D eigenvalue weighted by Crippen LogP contribution is 2.21. The second kappa shape index (κ2) is 23.2. The van der Waals surface area contributed by atoms with Gasteiger partial charge in [0.2, 0.25) is 11.8 Å². The van der Waals surface area contributed by atoms with Gasteiger partial charge in [-0.1, -0.05) is 30.3 Å². The number of ether oxygens (including phenoxy) is 1. The number of ketones is 1. The standard InChI is InChI=1S/C30H37F3N4O7.2C2HF3O2/c1-2-44-16-21(12-27(39)17-6-4-3-5-7-17)35-25(15-38)29(41)37-14-20(11-26(37)30(42)43)36-28(40)10-19(34)8-18-9-23(32)24(33)13-22(18)31;2*3-2(4,5)1(6)7/h3-7,9,13,19-21,25-26,35,38H,2,8,10-12,14-16,34H2,1H3,(H,36,40)(H,42,43);2*(H,6,7)/t19-,20+,21?,25+,26+;;/m1../s1. The van der Waals surface area contributed by atoms with Crippen LogP contribution in [0, 0.1) is 17.5 Å². The van der Waals surface area contributed by atoms with E-state index in [1.165, 1.54) is 0 Å². The third-order valence-corrected chi connectivity index (χ3v) is 7.71. The SMILES string of the molecule is CCOCC(CC(=O)c1ccccc1)N[C@@H](CO)C(=O)N1C[C@@H](NC(=O)C[C@H](N)Cc2cc(F)c(F)cc2F)C[C@H]1C(=O)O.O=C(O)C(F)(F)F.O=C(O)C(F)(F)F. The summed E-state index contributed by atoms with van der Waals surface area (Å²) in [6.07, 6.45) is -10.9. The minimum absolute atomic E-state index is 0.0502. The molecule has 1 heterocycles. The second-order valence-corrected chi connectivity index (χ2v) is 12.2. The predicted molar refractivity (Wildman–Crippen MR) is 179 cm³/mol. The van der Waals surface area contributed by atoms with Gasteiger partial charge in [-0.3, -0.25) is 19.7 Å². The Balaban J connectivity index is 0.00000102. The fourth-order valence-corrected chi connectivity index (χ4v) is 5.10. The van der Waals surface area contributed by atoms with Crippen molar-refractivity contribution in [1.82, 2.24) is 15.5 Å². The van der Waals surface area contributed by atoms with Crippen LogP contribution in [-0.4, -0.2) is 130 Å². The molecule has 1 saturated heterocycles. The quantitative estimate of drug-likeness (QED) is 0.0730. The Kier molecular flexibility index (Phi) is 20.2. The third-order valence-electron chi connectivity index (χ3n) is 7.71. The molecule has 8 N–H and O–H groups in total. The Morgan fingerprint density at radius 3 is 1.90 bits per heavy atom. The van der Waals surface area contributed by atoms with Crippen LogP contribution in [0.2, 0.25) is 0 Å². The highest BCUT2D eigenvalue weighted by atomic mass is 19.4. The maximum Gasteiger partial charge on any atom is 0.490 e. The molecule has 1 fully saturated rings. The number of halogens is 9. The van der Waals surface area contributed by atoms with Crippen LogP contribution in [0.1, 0.15) is 42.1 Å². The first kappa shape index (κ1) is 50.7. The monoisotopic (exact) mass is 850 g/mol. The van der Waals surface area contributed by atoms with Gasteiger partial charge in [-0.05, 0) is 25.0 Å². The van der Waals surface area contributed by atoms with Crippen LogP contribution in [-0.2, 0) is 35.1 Å². The van der Waals surface area contributed by atoms with E-state index in [9.17, 15) is 68.9 Å². The molecular weight excluding hydrogens is 811 g/mol. The number of carbonyl (C=O) groups excluding carboxylic acids is 3. The molecule has 58 heavy (non-hydrogen) atoms. The zero-order valence-electron chi connectivity index (χ0n) is 30.2. The number of Topliss-reactive ketones (excluding diaryl/α,β-unsaturated/α-hetero) is 1. The van der Waals surface area contributed by atoms with Gasteiger partial charge in [-0.25, -0.2) is 27.6 Å². The first-order valence-corrected chi connectivity index (χ1v) is 16.7. The molecule has 3 rings (SSSR count). The van der Waals surface area contributed by atoms with E-state index >= 15 is 0 Å². The van der Waals surface area contributed by atoms with Gasteiger partial charge in [0, 0.05) is 62.2 Å². The van der Waals surface area contributed by atoms with Gasteiger partial charge in [0.05, 0.1) is 13.2 Å². The van der Waals surface area contributed by atoms with Crippen molar-refractivity contribution in [2.24, 2.45) is 5.73 Å². The van der Waals surface area contributed by atoms with E-state index < -0.39 is 96.3 Å². The summed E-state index contributed by atoms with van der Waals surface area (Å²) < 4.78 is 110. The first-order valence-electron chi connectivity index (χ1n) is 16.7. The fourth-order valence-electron chi connectivity index (χ4n) is 5.10. The fraction of sp³-hybridized carbons (Fsp3) is 0.471. The van der Waals surface area contributed by atoms with Gasteiger partial charge in [0.15, 0.2) is 17.4 Å². The predicted octanol–water partition coefficient (Wildman–Crippen LogP) is 2.43. The number of carboxylic acids is 3. The van der Waals surface area contributed by atoms with Gasteiger partial charge in [-0.2, -0.15) is 26.3 Å². The minimum atomic E-state index is -5.08. The van der Waals surface area contributed by atoms with Crippen molar-refractivity contribution in [3.05, 3.63) is 71.0 Å². The van der Waals surface area contributed by atoms with E-state index in [0.29, 0.717) is 24.3 Å². The molecule has 2 aromatic rings. The Labute approximate surface area is 322 Å². The summed E-state index contributed by atoms with van der Waals surface area (Å²) in [6.45, 7) is 1.26. The number of nitrogens with zero attached hydrogens (tertiary/aromatic N) is 1. The van der Waals surface area contributed by atoms with E-state index in [1.807, 2.05) is 0 Å². The summed E-state index contributed by atoms with van der Waals surface area (Å²) >= 11 is 0. The lowest BCUT2D eigenvalue weighted by Crippen LogP contribution is -2.55. The lowest BCUT2D eigenvalue weighted by molar-refractivity contribution is -0.193. The van der Waals surface area contributed by atoms with E-state index in [1.54, 1.807) is 37.3 Å². The lowest BCUT2D eigenvalue weighted by atomic mass is 10.0. The highest BCUT2D eigenvalue weighted by molar-refractivity contribution is 5.96. The van der Waals surface area contributed by atoms with Crippen LogP contribution in [0.4, 0.5) is 39.5 Å². The topological polar surface area (TPSA) is 246 Å². The Morgan fingerprint density at radius 2 is 1.41 bits per heavy atom. The maximum atomic E-state index is 14.0. The zero-order chi connectivity index (χ0) is 44.5. The molecule has 0 saturated carbocycles. The molecule has 2 aromatic carbocycles. The summed E-state index contributed by atoms with van der Waals surface area (Å²) in [5, 5.41) is 39.6. The largest absolute Gasteiger partial charge is 0.490 e. The van der Waals surface area contributed by atoms with Crippen LogP contribution in [0.15, 0.2) is 42.5 Å². The number of nitrogens with one attached hydrogen (secondary N) is 2. The summed E-state index contributed by atoms with van der Waals surface area (Å²) in [7, 11) is 0. The maximum absolute atomic E-state index is 14.0. The summed E-state index contributed by atoms with van der Waals surface area (Å²) in [5.74, 6) is -12.0. The van der Waals surface area contributed by atoms with Crippen molar-refractivity contribution < 1.29 is 93.4 Å². The van der Waals surface area contributed by atoms with Crippen LogP contribution >= 0.6 is 0 Å². The van der Waals surface area contributed by atoms with Gasteiger partial charge in [0.25, 0.3) is 0 Å². The normalized spacial score (nSPS) is 16.7. The zero-order valence-corrected chi connectivity index (χ0v) is 30.2. The molecule has 324 valence electrons. The van der Waals surface area contributed by atoms with E-state index in [-0.39, 0.29) is 50.2 Å². The van der Waals surface area contributed by atoms with Crippen LogP contribution < -0.4 is 16.4 Å². The van der Waals surface area contributed by atoms with Crippen LogP contribution in [0.3, 0.4) is 0 Å². The molecular formula is C34H39F9N4O11. The van der Waals surface area contributed by atoms with Crippen LogP contribution in [0.25, 0.3) is 0 Å². The average molecular weight is 851 g/mol.